The van der Waals surface area contributed by atoms with Gasteiger partial charge in [0.15, 0.2) is 0 Å². The van der Waals surface area contributed by atoms with Crippen LogP contribution in [0, 0.1) is 17.6 Å². The third-order valence-electron chi connectivity index (χ3n) is 6.05. The summed E-state index contributed by atoms with van der Waals surface area (Å²) in [6.45, 7) is 3.90. The van der Waals surface area contributed by atoms with E-state index in [0.29, 0.717) is 37.5 Å². The van der Waals surface area contributed by atoms with Gasteiger partial charge in [0.2, 0.25) is 5.91 Å². The van der Waals surface area contributed by atoms with Crippen LogP contribution < -0.4 is 10.2 Å². The van der Waals surface area contributed by atoms with Crippen molar-refractivity contribution in [3.63, 3.8) is 0 Å². The maximum absolute atomic E-state index is 13.9. The SMILES string of the molecule is O=C(CC(F)(F)F)N[C@H]1CC[C@H](CCN2CCN(c3ccc(F)cc3F)CC2)CC1. The van der Waals surface area contributed by atoms with E-state index < -0.39 is 30.1 Å². The Morgan fingerprint density at radius 2 is 1.70 bits per heavy atom. The quantitative estimate of drug-likeness (QED) is 0.686. The van der Waals surface area contributed by atoms with Gasteiger partial charge >= 0.3 is 6.18 Å². The molecule has 0 atom stereocenters. The number of anilines is 1. The zero-order chi connectivity index (χ0) is 21.7. The second kappa shape index (κ2) is 9.94. The minimum atomic E-state index is -4.46. The smallest absolute Gasteiger partial charge is 0.367 e. The molecule has 1 amide bonds. The number of carbonyl (C=O) groups is 1. The van der Waals surface area contributed by atoms with Gasteiger partial charge in [-0.3, -0.25) is 9.69 Å². The summed E-state index contributed by atoms with van der Waals surface area (Å²) in [5.74, 6) is -1.55. The number of alkyl halides is 3. The molecule has 0 bridgehead atoms. The molecule has 1 heterocycles. The molecular weight excluding hydrogens is 405 g/mol. The topological polar surface area (TPSA) is 35.6 Å². The molecule has 1 aliphatic carbocycles. The molecular formula is C21H28F5N3O. The van der Waals surface area contributed by atoms with Crippen molar-refractivity contribution >= 4 is 11.6 Å². The molecule has 30 heavy (non-hydrogen) atoms. The molecule has 1 aromatic carbocycles. The highest BCUT2D eigenvalue weighted by Gasteiger charge is 2.32. The van der Waals surface area contributed by atoms with Crippen molar-refractivity contribution in [2.75, 3.05) is 37.6 Å². The first-order valence-corrected chi connectivity index (χ1v) is 10.5. The number of piperazine rings is 1. The second-order valence-electron chi connectivity index (χ2n) is 8.29. The summed E-state index contributed by atoms with van der Waals surface area (Å²) in [6.07, 6.45) is -1.64. The molecule has 0 spiro atoms. The molecule has 168 valence electrons. The molecule has 1 aromatic rings. The van der Waals surface area contributed by atoms with Gasteiger partial charge in [-0.25, -0.2) is 8.78 Å². The second-order valence-corrected chi connectivity index (χ2v) is 8.29. The Bertz CT molecular complexity index is 711. The summed E-state index contributed by atoms with van der Waals surface area (Å²) in [5.41, 5.74) is 0.432. The van der Waals surface area contributed by atoms with Crippen molar-refractivity contribution in [2.45, 2.75) is 50.7 Å². The standard InChI is InChI=1S/C21H28F5N3O/c22-16-3-6-19(18(23)13-16)29-11-9-28(10-12-29)8-7-15-1-4-17(5-2-15)27-20(30)14-21(24,25)26/h3,6,13,15,17H,1-2,4-5,7-12,14H2,(H,27,30)/t15-,17-. The van der Waals surface area contributed by atoms with Crippen molar-refractivity contribution in [3.8, 4) is 0 Å². The summed E-state index contributed by atoms with van der Waals surface area (Å²) in [4.78, 5) is 15.7. The van der Waals surface area contributed by atoms with Crippen LogP contribution >= 0.6 is 0 Å². The molecule has 1 saturated heterocycles. The van der Waals surface area contributed by atoms with Gasteiger partial charge in [0.25, 0.3) is 0 Å². The number of amides is 1. The lowest BCUT2D eigenvalue weighted by molar-refractivity contribution is -0.154. The molecule has 0 radical (unpaired) electrons. The third-order valence-corrected chi connectivity index (χ3v) is 6.05. The molecule has 4 nitrogen and oxygen atoms in total. The number of benzene rings is 1. The Balaban J connectivity index is 1.33. The van der Waals surface area contributed by atoms with Crippen LogP contribution in [0.15, 0.2) is 18.2 Å². The van der Waals surface area contributed by atoms with Crippen molar-refractivity contribution < 1.29 is 26.7 Å². The highest BCUT2D eigenvalue weighted by Crippen LogP contribution is 2.28. The van der Waals surface area contributed by atoms with Gasteiger partial charge in [-0.2, -0.15) is 13.2 Å². The number of carbonyl (C=O) groups excluding carboxylic acids is 1. The third kappa shape index (κ3) is 6.82. The molecule has 0 aromatic heterocycles. The fraction of sp³-hybridized carbons (Fsp3) is 0.667. The van der Waals surface area contributed by atoms with E-state index in [1.54, 1.807) is 0 Å². The monoisotopic (exact) mass is 433 g/mol. The van der Waals surface area contributed by atoms with E-state index in [4.69, 9.17) is 0 Å². The van der Waals surface area contributed by atoms with Crippen LogP contribution in [-0.4, -0.2) is 55.7 Å². The van der Waals surface area contributed by atoms with Gasteiger partial charge in [0, 0.05) is 38.3 Å². The zero-order valence-electron chi connectivity index (χ0n) is 16.9. The van der Waals surface area contributed by atoms with Crippen LogP contribution in [0.2, 0.25) is 0 Å². The van der Waals surface area contributed by atoms with Crippen molar-refractivity contribution in [1.82, 2.24) is 10.2 Å². The molecule has 0 unspecified atom stereocenters. The predicted octanol–water partition coefficient (Wildman–Crippen LogP) is 4.10. The largest absolute Gasteiger partial charge is 0.397 e. The maximum atomic E-state index is 13.9. The minimum Gasteiger partial charge on any atom is -0.367 e. The highest BCUT2D eigenvalue weighted by molar-refractivity contribution is 5.76. The molecule has 1 aliphatic heterocycles. The Kier molecular flexibility index (Phi) is 7.55. The van der Waals surface area contributed by atoms with Crippen molar-refractivity contribution in [2.24, 2.45) is 5.92 Å². The summed E-state index contributed by atoms with van der Waals surface area (Å²) >= 11 is 0. The van der Waals surface area contributed by atoms with E-state index in [1.165, 1.54) is 12.1 Å². The van der Waals surface area contributed by atoms with Crippen LogP contribution in [0.3, 0.4) is 0 Å². The van der Waals surface area contributed by atoms with Crippen LogP contribution in [-0.2, 0) is 4.79 Å². The Morgan fingerprint density at radius 1 is 1.03 bits per heavy atom. The van der Waals surface area contributed by atoms with Crippen molar-refractivity contribution in [1.29, 1.82) is 0 Å². The van der Waals surface area contributed by atoms with Gasteiger partial charge in [-0.05, 0) is 56.7 Å². The lowest BCUT2D eigenvalue weighted by Gasteiger charge is -2.37. The normalized spacial score (nSPS) is 23.4. The summed E-state index contributed by atoms with van der Waals surface area (Å²) in [6, 6.07) is 3.49. The number of halogens is 5. The number of nitrogens with one attached hydrogen (secondary N) is 1. The summed E-state index contributed by atoms with van der Waals surface area (Å²) < 4.78 is 63.8. The minimum absolute atomic E-state index is 0.162. The fourth-order valence-electron chi connectivity index (χ4n) is 4.37. The fourth-order valence-corrected chi connectivity index (χ4v) is 4.37. The summed E-state index contributed by atoms with van der Waals surface area (Å²) in [5, 5.41) is 2.50. The Hall–Kier alpha value is -1.90. The number of hydrogen-bond donors (Lipinski definition) is 1. The van der Waals surface area contributed by atoms with Crippen molar-refractivity contribution in [3.05, 3.63) is 29.8 Å². The van der Waals surface area contributed by atoms with E-state index in [1.807, 2.05) is 4.90 Å². The van der Waals surface area contributed by atoms with Gasteiger partial charge < -0.3 is 10.2 Å². The van der Waals surface area contributed by atoms with E-state index >= 15 is 0 Å². The highest BCUT2D eigenvalue weighted by atomic mass is 19.4. The maximum Gasteiger partial charge on any atom is 0.397 e. The molecule has 1 saturated carbocycles. The lowest BCUT2D eigenvalue weighted by Crippen LogP contribution is -2.47. The molecule has 9 heteroatoms. The van der Waals surface area contributed by atoms with Gasteiger partial charge in [0.05, 0.1) is 5.69 Å². The van der Waals surface area contributed by atoms with Gasteiger partial charge in [-0.15, -0.1) is 0 Å². The first kappa shape index (κ1) is 22.8. The van der Waals surface area contributed by atoms with E-state index in [9.17, 15) is 26.7 Å². The summed E-state index contributed by atoms with van der Waals surface area (Å²) in [7, 11) is 0. The first-order valence-electron chi connectivity index (χ1n) is 10.5. The number of nitrogens with zero attached hydrogens (tertiary/aromatic N) is 2. The average Bonchev–Trinajstić information content (AvgIpc) is 2.66. The van der Waals surface area contributed by atoms with Gasteiger partial charge in [0.1, 0.15) is 18.1 Å². The van der Waals surface area contributed by atoms with Crippen LogP contribution in [0.5, 0.6) is 0 Å². The number of hydrogen-bond acceptors (Lipinski definition) is 3. The first-order chi connectivity index (χ1) is 14.2. The predicted molar refractivity (Wildman–Crippen MR) is 104 cm³/mol. The van der Waals surface area contributed by atoms with E-state index in [0.717, 1.165) is 45.0 Å². The van der Waals surface area contributed by atoms with Crippen LogP contribution in [0.1, 0.15) is 38.5 Å². The molecule has 2 aliphatic rings. The molecule has 1 N–H and O–H groups in total. The molecule has 2 fully saturated rings. The average molecular weight is 433 g/mol. The lowest BCUT2D eigenvalue weighted by atomic mass is 9.84. The Labute approximate surface area is 173 Å². The zero-order valence-corrected chi connectivity index (χ0v) is 16.9. The van der Waals surface area contributed by atoms with E-state index in [2.05, 4.69) is 10.2 Å². The van der Waals surface area contributed by atoms with Gasteiger partial charge in [-0.1, -0.05) is 0 Å². The van der Waals surface area contributed by atoms with Crippen LogP contribution in [0.25, 0.3) is 0 Å². The number of rotatable bonds is 6. The Morgan fingerprint density at radius 3 is 2.30 bits per heavy atom. The molecule has 3 rings (SSSR count). The van der Waals surface area contributed by atoms with Crippen LogP contribution in [0.4, 0.5) is 27.6 Å². The van der Waals surface area contributed by atoms with E-state index in [-0.39, 0.29) is 6.04 Å².